The van der Waals surface area contributed by atoms with E-state index in [4.69, 9.17) is 0 Å². The van der Waals surface area contributed by atoms with Crippen LogP contribution in [-0.2, 0) is 0 Å². The Hall–Kier alpha value is -1.22. The minimum atomic E-state index is 0.235. The molecule has 1 N–H and O–H groups in total. The molecule has 0 fully saturated rings. The number of nitrogens with zero attached hydrogens (tertiary/aromatic N) is 2. The third-order valence-corrected chi connectivity index (χ3v) is 1.91. The first-order chi connectivity index (χ1) is 6.38. The first kappa shape index (κ1) is 9.86. The van der Waals surface area contributed by atoms with Crippen molar-refractivity contribution in [1.82, 2.24) is 15.3 Å². The predicted molar refractivity (Wildman–Crippen MR) is 53.3 cm³/mol. The molecule has 0 aliphatic rings. The van der Waals surface area contributed by atoms with Crippen LogP contribution in [0.2, 0.25) is 0 Å². The topological polar surface area (TPSA) is 37.8 Å². The first-order valence-electron chi connectivity index (χ1n) is 4.43. The van der Waals surface area contributed by atoms with Crippen molar-refractivity contribution in [2.75, 3.05) is 7.05 Å². The summed E-state index contributed by atoms with van der Waals surface area (Å²) < 4.78 is 0. The quantitative estimate of drug-likeness (QED) is 0.696. The van der Waals surface area contributed by atoms with Gasteiger partial charge in [0.25, 0.3) is 0 Å². The summed E-state index contributed by atoms with van der Waals surface area (Å²) in [7, 11) is 1.92. The van der Waals surface area contributed by atoms with E-state index in [-0.39, 0.29) is 6.04 Å². The highest BCUT2D eigenvalue weighted by atomic mass is 15.0. The van der Waals surface area contributed by atoms with Crippen molar-refractivity contribution in [1.29, 1.82) is 0 Å². The molecule has 0 saturated carbocycles. The number of hydrogen-bond donors (Lipinski definition) is 1. The highest BCUT2D eigenvalue weighted by Gasteiger charge is 2.09. The molecule has 1 aromatic heterocycles. The van der Waals surface area contributed by atoms with Gasteiger partial charge in [0.2, 0.25) is 0 Å². The molecule has 0 amide bonds. The minimum Gasteiger partial charge on any atom is -0.310 e. The maximum atomic E-state index is 4.19. The third-order valence-electron chi connectivity index (χ3n) is 1.91. The predicted octanol–water partition coefficient (Wildman–Crippen LogP) is 1.70. The van der Waals surface area contributed by atoms with Gasteiger partial charge in [0, 0.05) is 12.4 Å². The van der Waals surface area contributed by atoms with Gasteiger partial charge in [-0.05, 0) is 26.0 Å². The summed E-state index contributed by atoms with van der Waals surface area (Å²) in [6.07, 6.45) is 7.40. The van der Waals surface area contributed by atoms with Crippen molar-refractivity contribution in [3.8, 4) is 0 Å². The molecule has 0 spiro atoms. The van der Waals surface area contributed by atoms with E-state index in [1.165, 1.54) is 0 Å². The van der Waals surface area contributed by atoms with Crippen LogP contribution in [0.3, 0.4) is 0 Å². The second-order valence-corrected chi connectivity index (χ2v) is 2.81. The molecule has 1 rings (SSSR count). The van der Waals surface area contributed by atoms with Gasteiger partial charge in [-0.25, -0.2) is 9.97 Å². The molecule has 3 heteroatoms. The van der Waals surface area contributed by atoms with Crippen LogP contribution in [0.25, 0.3) is 0 Å². The summed E-state index contributed by atoms with van der Waals surface area (Å²) in [5.74, 6) is 0.854. The van der Waals surface area contributed by atoms with Crippen LogP contribution in [0.5, 0.6) is 0 Å². The number of rotatable bonds is 5. The number of hydrogen-bond acceptors (Lipinski definition) is 3. The van der Waals surface area contributed by atoms with Gasteiger partial charge < -0.3 is 5.32 Å². The molecule has 0 bridgehead atoms. The van der Waals surface area contributed by atoms with Gasteiger partial charge in [-0.1, -0.05) is 6.08 Å². The van der Waals surface area contributed by atoms with Gasteiger partial charge in [0.15, 0.2) is 0 Å². The maximum Gasteiger partial charge on any atom is 0.145 e. The molecule has 1 aromatic rings. The van der Waals surface area contributed by atoms with Crippen LogP contribution < -0.4 is 5.32 Å². The van der Waals surface area contributed by atoms with Crippen LogP contribution in [0.15, 0.2) is 31.1 Å². The largest absolute Gasteiger partial charge is 0.310 e. The summed E-state index contributed by atoms with van der Waals surface area (Å²) in [5, 5.41) is 3.18. The number of aromatic nitrogens is 2. The van der Waals surface area contributed by atoms with Crippen LogP contribution in [0.4, 0.5) is 0 Å². The van der Waals surface area contributed by atoms with Gasteiger partial charge in [-0.15, -0.1) is 6.58 Å². The summed E-state index contributed by atoms with van der Waals surface area (Å²) in [6, 6.07) is 2.06. The van der Waals surface area contributed by atoms with E-state index in [1.54, 1.807) is 12.4 Å². The summed E-state index contributed by atoms with van der Waals surface area (Å²) in [4.78, 5) is 8.39. The fourth-order valence-corrected chi connectivity index (χ4v) is 1.18. The highest BCUT2D eigenvalue weighted by molar-refractivity contribution is 4.95. The Morgan fingerprint density at radius 2 is 2.23 bits per heavy atom. The Bertz CT molecular complexity index is 246. The Labute approximate surface area is 78.9 Å². The van der Waals surface area contributed by atoms with E-state index >= 15 is 0 Å². The molecule has 0 saturated heterocycles. The normalized spacial score (nSPS) is 12.4. The molecule has 1 unspecified atom stereocenters. The van der Waals surface area contributed by atoms with Crippen molar-refractivity contribution in [2.45, 2.75) is 18.9 Å². The van der Waals surface area contributed by atoms with E-state index in [0.717, 1.165) is 18.7 Å². The zero-order valence-electron chi connectivity index (χ0n) is 7.90. The van der Waals surface area contributed by atoms with Crippen molar-refractivity contribution in [2.24, 2.45) is 0 Å². The average molecular weight is 177 g/mol. The highest BCUT2D eigenvalue weighted by Crippen LogP contribution is 2.12. The summed E-state index contributed by atoms with van der Waals surface area (Å²) in [5.41, 5.74) is 0. The Morgan fingerprint density at radius 3 is 2.77 bits per heavy atom. The lowest BCUT2D eigenvalue weighted by Crippen LogP contribution is -2.18. The van der Waals surface area contributed by atoms with Crippen LogP contribution in [0.1, 0.15) is 24.7 Å². The van der Waals surface area contributed by atoms with Crippen LogP contribution in [-0.4, -0.2) is 17.0 Å². The summed E-state index contributed by atoms with van der Waals surface area (Å²) in [6.45, 7) is 3.69. The van der Waals surface area contributed by atoms with Crippen molar-refractivity contribution in [3.63, 3.8) is 0 Å². The number of allylic oxidation sites excluding steroid dienone is 1. The van der Waals surface area contributed by atoms with Crippen molar-refractivity contribution < 1.29 is 0 Å². The third kappa shape index (κ3) is 2.95. The zero-order chi connectivity index (χ0) is 9.52. The van der Waals surface area contributed by atoms with E-state index in [1.807, 2.05) is 19.2 Å². The molecule has 0 aromatic carbocycles. The fourth-order valence-electron chi connectivity index (χ4n) is 1.18. The summed E-state index contributed by atoms with van der Waals surface area (Å²) >= 11 is 0. The van der Waals surface area contributed by atoms with Crippen LogP contribution >= 0.6 is 0 Å². The molecular formula is C10H15N3. The Morgan fingerprint density at radius 1 is 1.54 bits per heavy atom. The van der Waals surface area contributed by atoms with Crippen LogP contribution in [0, 0.1) is 0 Å². The van der Waals surface area contributed by atoms with E-state index < -0.39 is 0 Å². The monoisotopic (exact) mass is 177 g/mol. The molecule has 3 nitrogen and oxygen atoms in total. The Balaban J connectivity index is 2.61. The van der Waals surface area contributed by atoms with E-state index in [9.17, 15) is 0 Å². The average Bonchev–Trinajstić information content (AvgIpc) is 2.21. The maximum absolute atomic E-state index is 4.19. The molecular weight excluding hydrogens is 162 g/mol. The molecule has 0 aliphatic heterocycles. The minimum absolute atomic E-state index is 0.235. The Kier molecular flexibility index (Phi) is 4.12. The first-order valence-corrected chi connectivity index (χ1v) is 4.43. The smallest absolute Gasteiger partial charge is 0.145 e. The van der Waals surface area contributed by atoms with Gasteiger partial charge in [-0.2, -0.15) is 0 Å². The van der Waals surface area contributed by atoms with Gasteiger partial charge in [0.05, 0.1) is 6.04 Å². The van der Waals surface area contributed by atoms with Gasteiger partial charge in [-0.3, -0.25) is 0 Å². The molecule has 70 valence electrons. The molecule has 13 heavy (non-hydrogen) atoms. The van der Waals surface area contributed by atoms with Crippen molar-refractivity contribution in [3.05, 3.63) is 36.9 Å². The van der Waals surface area contributed by atoms with E-state index in [2.05, 4.69) is 21.9 Å². The molecule has 1 atom stereocenters. The second-order valence-electron chi connectivity index (χ2n) is 2.81. The standard InChI is InChI=1S/C10H15N3/c1-3-4-6-9(11-2)10-12-7-5-8-13-10/h3,5,7-9,11H,1,4,6H2,2H3. The SMILES string of the molecule is C=CCCC(NC)c1ncccn1. The fraction of sp³-hybridized carbons (Fsp3) is 0.400. The van der Waals surface area contributed by atoms with Gasteiger partial charge >= 0.3 is 0 Å². The van der Waals surface area contributed by atoms with Gasteiger partial charge in [0.1, 0.15) is 5.82 Å². The van der Waals surface area contributed by atoms with Crippen molar-refractivity contribution >= 4 is 0 Å². The van der Waals surface area contributed by atoms with E-state index in [0.29, 0.717) is 0 Å². The second kappa shape index (κ2) is 5.43. The lowest BCUT2D eigenvalue weighted by molar-refractivity contribution is 0.525. The lowest BCUT2D eigenvalue weighted by Gasteiger charge is -2.12. The molecule has 1 heterocycles. The number of nitrogens with one attached hydrogen (secondary N) is 1. The molecule has 0 aliphatic carbocycles. The molecule has 0 radical (unpaired) electrons. The lowest BCUT2D eigenvalue weighted by atomic mass is 10.1. The zero-order valence-corrected chi connectivity index (χ0v) is 7.90.